The maximum absolute atomic E-state index is 5.82. The van der Waals surface area contributed by atoms with Gasteiger partial charge in [-0.3, -0.25) is 4.40 Å². The van der Waals surface area contributed by atoms with Gasteiger partial charge in [0.2, 0.25) is 0 Å². The lowest BCUT2D eigenvalue weighted by molar-refractivity contribution is 0.669. The van der Waals surface area contributed by atoms with Crippen molar-refractivity contribution < 1.29 is 0 Å². The molecule has 3 rings (SSSR count). The zero-order valence-electron chi connectivity index (χ0n) is 8.11. The summed E-state index contributed by atoms with van der Waals surface area (Å²) in [7, 11) is 0. The number of allylic oxidation sites excluding steroid dienone is 1. The number of nitrogens with two attached hydrogens (primary N) is 1. The van der Waals surface area contributed by atoms with Crippen LogP contribution >= 0.6 is 0 Å². The molecule has 0 spiro atoms. The highest BCUT2D eigenvalue weighted by atomic mass is 15.3. The molecule has 2 N–H and O–H groups in total. The summed E-state index contributed by atoms with van der Waals surface area (Å²) in [4.78, 5) is 4.06. The Morgan fingerprint density at radius 1 is 1.33 bits per heavy atom. The van der Waals surface area contributed by atoms with Crippen molar-refractivity contribution in [2.75, 3.05) is 0 Å². The van der Waals surface area contributed by atoms with Crippen LogP contribution in [0.5, 0.6) is 0 Å². The fourth-order valence-electron chi connectivity index (χ4n) is 1.93. The van der Waals surface area contributed by atoms with E-state index in [4.69, 9.17) is 5.73 Å². The summed E-state index contributed by atoms with van der Waals surface area (Å²) in [6.45, 7) is 0. The molecule has 1 aliphatic carbocycles. The zero-order chi connectivity index (χ0) is 10.3. The molecule has 0 radical (unpaired) electrons. The quantitative estimate of drug-likeness (QED) is 0.682. The van der Waals surface area contributed by atoms with E-state index >= 15 is 0 Å². The average molecular weight is 201 g/mol. The summed E-state index contributed by atoms with van der Waals surface area (Å²) in [5.74, 6) is 1.18. The topological polar surface area (TPSA) is 69.1 Å². The normalized spacial score (nSPS) is 25.1. The molecule has 2 heterocycles. The Bertz CT molecular complexity index is 515. The molecule has 0 aliphatic heterocycles. The van der Waals surface area contributed by atoms with E-state index < -0.39 is 0 Å². The van der Waals surface area contributed by atoms with Crippen LogP contribution in [-0.2, 0) is 0 Å². The third kappa shape index (κ3) is 1.32. The minimum atomic E-state index is 0.138. The Hall–Kier alpha value is -1.75. The van der Waals surface area contributed by atoms with E-state index in [-0.39, 0.29) is 12.0 Å². The molecule has 0 aromatic carbocycles. The molecule has 0 bridgehead atoms. The molecule has 5 heteroatoms. The van der Waals surface area contributed by atoms with Crippen LogP contribution in [0.3, 0.4) is 0 Å². The molecule has 0 saturated carbocycles. The zero-order valence-corrected chi connectivity index (χ0v) is 8.11. The van der Waals surface area contributed by atoms with E-state index in [1.54, 1.807) is 12.5 Å². The van der Waals surface area contributed by atoms with Crippen LogP contribution in [-0.4, -0.2) is 25.6 Å². The SMILES string of the molecule is NC1C=CC(c2nnc3ccncn23)C1. The first kappa shape index (κ1) is 8.55. The molecule has 2 aromatic heterocycles. The van der Waals surface area contributed by atoms with Crippen LogP contribution in [0.15, 0.2) is 30.7 Å². The summed E-state index contributed by atoms with van der Waals surface area (Å²) in [5.41, 5.74) is 6.64. The van der Waals surface area contributed by atoms with Gasteiger partial charge in [-0.1, -0.05) is 12.2 Å². The van der Waals surface area contributed by atoms with Crippen LogP contribution in [0, 0.1) is 0 Å². The highest BCUT2D eigenvalue weighted by molar-refractivity contribution is 5.37. The molecule has 2 aromatic rings. The van der Waals surface area contributed by atoms with Crippen LogP contribution in [0.25, 0.3) is 5.65 Å². The minimum Gasteiger partial charge on any atom is -0.324 e. The van der Waals surface area contributed by atoms with Crippen molar-refractivity contribution in [3.63, 3.8) is 0 Å². The highest BCUT2D eigenvalue weighted by Crippen LogP contribution is 2.26. The van der Waals surface area contributed by atoms with Crippen molar-refractivity contribution in [1.29, 1.82) is 0 Å². The van der Waals surface area contributed by atoms with Gasteiger partial charge in [0.1, 0.15) is 12.2 Å². The van der Waals surface area contributed by atoms with Crippen molar-refractivity contribution in [2.24, 2.45) is 5.73 Å². The summed E-state index contributed by atoms with van der Waals surface area (Å²) >= 11 is 0. The van der Waals surface area contributed by atoms with Crippen LogP contribution < -0.4 is 5.73 Å². The Morgan fingerprint density at radius 3 is 3.07 bits per heavy atom. The molecule has 15 heavy (non-hydrogen) atoms. The van der Waals surface area contributed by atoms with Gasteiger partial charge in [0.05, 0.1) is 0 Å². The minimum absolute atomic E-state index is 0.138. The van der Waals surface area contributed by atoms with Gasteiger partial charge in [-0.05, 0) is 6.42 Å². The van der Waals surface area contributed by atoms with Gasteiger partial charge in [0, 0.05) is 24.2 Å². The third-order valence-electron chi connectivity index (χ3n) is 2.69. The summed E-state index contributed by atoms with van der Waals surface area (Å²) < 4.78 is 1.91. The second kappa shape index (κ2) is 3.13. The molecule has 76 valence electrons. The number of rotatable bonds is 1. The molecule has 5 nitrogen and oxygen atoms in total. The summed E-state index contributed by atoms with van der Waals surface area (Å²) in [6.07, 6.45) is 8.46. The predicted molar refractivity (Wildman–Crippen MR) is 55.3 cm³/mol. The highest BCUT2D eigenvalue weighted by Gasteiger charge is 2.21. The largest absolute Gasteiger partial charge is 0.324 e. The molecule has 0 fully saturated rings. The number of fused-ring (bicyclic) bond motifs is 1. The smallest absolute Gasteiger partial charge is 0.163 e. The van der Waals surface area contributed by atoms with Gasteiger partial charge >= 0.3 is 0 Å². The monoisotopic (exact) mass is 201 g/mol. The van der Waals surface area contributed by atoms with Gasteiger partial charge in [-0.2, -0.15) is 0 Å². The van der Waals surface area contributed by atoms with Crippen molar-refractivity contribution in [3.05, 3.63) is 36.6 Å². The molecule has 1 aliphatic rings. The van der Waals surface area contributed by atoms with E-state index in [1.807, 2.05) is 16.5 Å². The van der Waals surface area contributed by atoms with Gasteiger partial charge in [-0.15, -0.1) is 10.2 Å². The lowest BCUT2D eigenvalue weighted by Gasteiger charge is -2.06. The first-order chi connectivity index (χ1) is 7.34. The van der Waals surface area contributed by atoms with Gasteiger partial charge in [-0.25, -0.2) is 4.98 Å². The Morgan fingerprint density at radius 2 is 2.27 bits per heavy atom. The van der Waals surface area contributed by atoms with E-state index in [9.17, 15) is 0 Å². The first-order valence-corrected chi connectivity index (χ1v) is 4.93. The van der Waals surface area contributed by atoms with Crippen LogP contribution in [0.4, 0.5) is 0 Å². The Labute approximate surface area is 86.6 Å². The van der Waals surface area contributed by atoms with Crippen molar-refractivity contribution in [3.8, 4) is 0 Å². The average Bonchev–Trinajstić information content (AvgIpc) is 2.83. The fourth-order valence-corrected chi connectivity index (χ4v) is 1.93. The number of hydrogen-bond donors (Lipinski definition) is 1. The van der Waals surface area contributed by atoms with Crippen LogP contribution in [0.2, 0.25) is 0 Å². The number of aromatic nitrogens is 4. The maximum atomic E-state index is 5.82. The second-order valence-corrected chi connectivity index (χ2v) is 3.76. The first-order valence-electron chi connectivity index (χ1n) is 4.93. The molecular formula is C10H11N5. The summed E-state index contributed by atoms with van der Waals surface area (Å²) in [6, 6.07) is 1.98. The number of nitrogens with zero attached hydrogens (tertiary/aromatic N) is 4. The molecular weight excluding hydrogens is 190 g/mol. The van der Waals surface area contributed by atoms with Gasteiger partial charge in [0.15, 0.2) is 5.65 Å². The van der Waals surface area contributed by atoms with E-state index in [0.29, 0.717) is 0 Å². The Balaban J connectivity index is 2.08. The fraction of sp³-hybridized carbons (Fsp3) is 0.300. The van der Waals surface area contributed by atoms with E-state index in [1.165, 1.54) is 0 Å². The molecule has 2 atom stereocenters. The molecule has 2 unspecified atom stereocenters. The maximum Gasteiger partial charge on any atom is 0.163 e. The summed E-state index contributed by atoms with van der Waals surface area (Å²) in [5, 5.41) is 8.26. The molecule has 0 amide bonds. The third-order valence-corrected chi connectivity index (χ3v) is 2.69. The molecule has 0 saturated heterocycles. The predicted octanol–water partition coefficient (Wildman–Crippen LogP) is 0.495. The van der Waals surface area contributed by atoms with Crippen molar-refractivity contribution in [1.82, 2.24) is 19.6 Å². The lowest BCUT2D eigenvalue weighted by atomic mass is 10.1. The van der Waals surface area contributed by atoms with Crippen molar-refractivity contribution >= 4 is 5.65 Å². The standard InChI is InChI=1S/C10H11N5/c11-8-2-1-7(5-8)10-14-13-9-3-4-12-6-15(9)10/h1-4,6-8H,5,11H2. The Kier molecular flexibility index (Phi) is 1.78. The van der Waals surface area contributed by atoms with Crippen molar-refractivity contribution in [2.45, 2.75) is 18.4 Å². The lowest BCUT2D eigenvalue weighted by Crippen LogP contribution is -2.15. The van der Waals surface area contributed by atoms with Gasteiger partial charge in [0.25, 0.3) is 0 Å². The van der Waals surface area contributed by atoms with Crippen LogP contribution in [0.1, 0.15) is 18.2 Å². The second-order valence-electron chi connectivity index (χ2n) is 3.76. The van der Waals surface area contributed by atoms with E-state index in [2.05, 4.69) is 21.3 Å². The van der Waals surface area contributed by atoms with E-state index in [0.717, 1.165) is 17.9 Å². The van der Waals surface area contributed by atoms with Gasteiger partial charge < -0.3 is 5.73 Å². The number of hydrogen-bond acceptors (Lipinski definition) is 4.